The van der Waals surface area contributed by atoms with Gasteiger partial charge in [0.05, 0.1) is 22.7 Å². The third-order valence-electron chi connectivity index (χ3n) is 6.31. The van der Waals surface area contributed by atoms with Gasteiger partial charge in [-0.25, -0.2) is 0 Å². The highest BCUT2D eigenvalue weighted by Crippen LogP contribution is 2.71. The fraction of sp³-hybridized carbons (Fsp3) is 0.778. The minimum absolute atomic E-state index is 0.270. The Morgan fingerprint density at radius 3 is 1.38 bits per heavy atom. The summed E-state index contributed by atoms with van der Waals surface area (Å²) in [5.41, 5.74) is -2.10. The third kappa shape index (κ3) is 1.72. The number of carbonyl (C=O) groups excluding carboxylic acids is 4. The molecule has 2 aliphatic heterocycles. The summed E-state index contributed by atoms with van der Waals surface area (Å²) in [6.07, 6.45) is 3.24. The van der Waals surface area contributed by atoms with Crippen LogP contribution in [0.2, 0.25) is 0 Å². The van der Waals surface area contributed by atoms with Crippen LogP contribution in [-0.4, -0.2) is 46.5 Å². The number of hydrogen-bond donors (Lipinski definition) is 0. The minimum Gasteiger partial charge on any atom is -0.282 e. The first kappa shape index (κ1) is 17.1. The Labute approximate surface area is 142 Å². The first-order valence-corrected chi connectivity index (χ1v) is 8.99. The van der Waals surface area contributed by atoms with Crippen LogP contribution in [0, 0.1) is 22.7 Å². The summed E-state index contributed by atoms with van der Waals surface area (Å²) in [5, 5.41) is 0. The van der Waals surface area contributed by atoms with Crippen LogP contribution in [-0.2, 0) is 19.2 Å². The Bertz CT molecular complexity index is 565. The lowest BCUT2D eigenvalue weighted by Gasteiger charge is -2.53. The van der Waals surface area contributed by atoms with E-state index in [-0.39, 0.29) is 23.6 Å². The largest absolute Gasteiger partial charge is 0.282 e. The topological polar surface area (TPSA) is 74.8 Å². The van der Waals surface area contributed by atoms with Crippen LogP contribution in [0.15, 0.2) is 0 Å². The highest BCUT2D eigenvalue weighted by Gasteiger charge is 2.85. The average molecular weight is 334 g/mol. The first-order chi connectivity index (χ1) is 11.3. The van der Waals surface area contributed by atoms with Gasteiger partial charge in [0.1, 0.15) is 0 Å². The van der Waals surface area contributed by atoms with Gasteiger partial charge in [-0.15, -0.1) is 0 Å². The molecule has 6 nitrogen and oxygen atoms in total. The number of hydrogen-bond acceptors (Lipinski definition) is 4. The number of amides is 4. The maximum atomic E-state index is 12.9. The molecule has 0 aromatic heterocycles. The zero-order chi connectivity index (χ0) is 17.9. The van der Waals surface area contributed by atoms with Crippen LogP contribution < -0.4 is 0 Å². The summed E-state index contributed by atoms with van der Waals surface area (Å²) in [5.74, 6) is -2.47. The van der Waals surface area contributed by atoms with E-state index in [1.165, 1.54) is 9.80 Å². The summed E-state index contributed by atoms with van der Waals surface area (Å²) in [7, 11) is 0. The second-order valence-electron chi connectivity index (χ2n) is 7.73. The van der Waals surface area contributed by atoms with E-state index in [2.05, 4.69) is 0 Å². The number of rotatable bonds is 6. The van der Waals surface area contributed by atoms with E-state index in [0.29, 0.717) is 13.1 Å². The number of imide groups is 2. The number of likely N-dealkylation sites (tertiary alicyclic amines) is 2. The van der Waals surface area contributed by atoms with Crippen molar-refractivity contribution >= 4 is 23.6 Å². The van der Waals surface area contributed by atoms with Gasteiger partial charge in [-0.3, -0.25) is 29.0 Å². The SMILES string of the molecule is CCCCN1C(=O)C2C(C)(C1=O)C1C(=O)N(CCCC)C(=O)C21C. The normalized spacial score (nSPS) is 37.8. The summed E-state index contributed by atoms with van der Waals surface area (Å²) in [4.78, 5) is 54.0. The zero-order valence-corrected chi connectivity index (χ0v) is 14.9. The van der Waals surface area contributed by atoms with Gasteiger partial charge in [0.25, 0.3) is 0 Å². The number of fused-ring (bicyclic) bond motifs is 4. The van der Waals surface area contributed by atoms with Gasteiger partial charge in [0, 0.05) is 13.1 Å². The molecule has 0 atom stereocenters. The molecule has 4 amide bonds. The van der Waals surface area contributed by atoms with Gasteiger partial charge in [-0.05, 0) is 26.7 Å². The predicted octanol–water partition coefficient (Wildman–Crippen LogP) is 1.58. The molecule has 3 rings (SSSR count). The van der Waals surface area contributed by atoms with Crippen LogP contribution in [0.1, 0.15) is 53.4 Å². The highest BCUT2D eigenvalue weighted by molar-refractivity contribution is 6.21. The molecule has 24 heavy (non-hydrogen) atoms. The number of unbranched alkanes of at least 4 members (excludes halogenated alkanes) is 2. The molecule has 0 aromatic rings. The molecule has 0 spiro atoms. The van der Waals surface area contributed by atoms with E-state index in [1.54, 1.807) is 13.8 Å². The molecule has 0 unspecified atom stereocenters. The smallest absolute Gasteiger partial charge is 0.236 e. The van der Waals surface area contributed by atoms with Crippen molar-refractivity contribution in [1.82, 2.24) is 9.80 Å². The van der Waals surface area contributed by atoms with Crippen molar-refractivity contribution < 1.29 is 19.2 Å². The van der Waals surface area contributed by atoms with Gasteiger partial charge in [-0.2, -0.15) is 0 Å². The lowest BCUT2D eigenvalue weighted by molar-refractivity contribution is -0.179. The molecule has 2 heterocycles. The van der Waals surface area contributed by atoms with Gasteiger partial charge in [0.15, 0.2) is 0 Å². The van der Waals surface area contributed by atoms with E-state index in [0.717, 1.165) is 25.7 Å². The lowest BCUT2D eigenvalue weighted by Crippen LogP contribution is -2.65. The van der Waals surface area contributed by atoms with Crippen molar-refractivity contribution in [2.75, 3.05) is 13.1 Å². The molecule has 0 N–H and O–H groups in total. The zero-order valence-electron chi connectivity index (χ0n) is 14.9. The second-order valence-corrected chi connectivity index (χ2v) is 7.73. The van der Waals surface area contributed by atoms with Crippen molar-refractivity contribution in [3.63, 3.8) is 0 Å². The van der Waals surface area contributed by atoms with E-state index in [4.69, 9.17) is 0 Å². The first-order valence-electron chi connectivity index (χ1n) is 8.99. The average Bonchev–Trinajstić information content (AvgIpc) is 2.80. The molecular weight excluding hydrogens is 308 g/mol. The highest BCUT2D eigenvalue weighted by atomic mass is 16.2. The molecule has 0 aromatic carbocycles. The Kier molecular flexibility index (Phi) is 3.85. The number of carbonyl (C=O) groups is 4. The lowest BCUT2D eigenvalue weighted by atomic mass is 9.41. The maximum absolute atomic E-state index is 12.9. The second kappa shape index (κ2) is 5.39. The molecule has 1 aliphatic carbocycles. The standard InChI is InChI=1S/C18H26N2O4/c1-5-7-9-19-13(21)11-17(3,15(19)23)12-14(22)20(10-8-6-2)16(24)18(11,12)4/h11-12H,5-10H2,1-4H3. The Morgan fingerprint density at radius 1 is 0.750 bits per heavy atom. The fourth-order valence-electron chi connectivity index (χ4n) is 5.15. The van der Waals surface area contributed by atoms with Crippen LogP contribution >= 0.6 is 0 Å². The molecule has 0 radical (unpaired) electrons. The van der Waals surface area contributed by atoms with Crippen molar-refractivity contribution in [2.24, 2.45) is 22.7 Å². The molecule has 1 saturated carbocycles. The third-order valence-corrected chi connectivity index (χ3v) is 6.31. The van der Waals surface area contributed by atoms with Crippen molar-refractivity contribution in [3.05, 3.63) is 0 Å². The van der Waals surface area contributed by atoms with Gasteiger partial charge in [0.2, 0.25) is 23.6 Å². The van der Waals surface area contributed by atoms with Gasteiger partial charge in [-0.1, -0.05) is 26.7 Å². The Morgan fingerprint density at radius 2 is 1.08 bits per heavy atom. The van der Waals surface area contributed by atoms with Crippen molar-refractivity contribution in [3.8, 4) is 0 Å². The predicted molar refractivity (Wildman–Crippen MR) is 86.5 cm³/mol. The Hall–Kier alpha value is -1.72. The monoisotopic (exact) mass is 334 g/mol. The van der Waals surface area contributed by atoms with Gasteiger partial charge >= 0.3 is 0 Å². The van der Waals surface area contributed by atoms with Crippen molar-refractivity contribution in [2.45, 2.75) is 53.4 Å². The fourth-order valence-corrected chi connectivity index (χ4v) is 5.15. The molecule has 132 valence electrons. The van der Waals surface area contributed by atoms with Gasteiger partial charge < -0.3 is 0 Å². The quantitative estimate of drug-likeness (QED) is 0.691. The molecule has 0 bridgehead atoms. The van der Waals surface area contributed by atoms with E-state index < -0.39 is 22.7 Å². The molecular formula is C18H26N2O4. The Balaban J connectivity index is 1.95. The van der Waals surface area contributed by atoms with Crippen LogP contribution in [0.25, 0.3) is 0 Å². The summed E-state index contributed by atoms with van der Waals surface area (Å²) < 4.78 is 0. The minimum atomic E-state index is -1.05. The summed E-state index contributed by atoms with van der Waals surface area (Å²) in [6, 6.07) is 0. The van der Waals surface area contributed by atoms with E-state index in [9.17, 15) is 19.2 Å². The molecule has 3 fully saturated rings. The number of nitrogens with zero attached hydrogens (tertiary/aromatic N) is 2. The van der Waals surface area contributed by atoms with E-state index in [1.807, 2.05) is 13.8 Å². The van der Waals surface area contributed by atoms with Crippen molar-refractivity contribution in [1.29, 1.82) is 0 Å². The maximum Gasteiger partial charge on any atom is 0.236 e. The summed E-state index contributed by atoms with van der Waals surface area (Å²) >= 11 is 0. The summed E-state index contributed by atoms with van der Waals surface area (Å²) in [6.45, 7) is 8.15. The van der Waals surface area contributed by atoms with Crippen LogP contribution in [0.5, 0.6) is 0 Å². The molecule has 2 saturated heterocycles. The van der Waals surface area contributed by atoms with Crippen LogP contribution in [0.3, 0.4) is 0 Å². The van der Waals surface area contributed by atoms with E-state index >= 15 is 0 Å². The molecule has 6 heteroatoms. The van der Waals surface area contributed by atoms with Crippen LogP contribution in [0.4, 0.5) is 0 Å². The molecule has 3 aliphatic rings.